The molecule has 0 bridgehead atoms. The maximum Gasteiger partial charge on any atom is 0.231 e. The molecule has 6 nitrogen and oxygen atoms in total. The molecular weight excluding hydrogens is 330 g/mol. The van der Waals surface area contributed by atoms with Gasteiger partial charge < -0.3 is 18.9 Å². The Labute approximate surface area is 153 Å². The van der Waals surface area contributed by atoms with Crippen molar-refractivity contribution in [2.24, 2.45) is 0 Å². The highest BCUT2D eigenvalue weighted by molar-refractivity contribution is 5.76. The van der Waals surface area contributed by atoms with Crippen molar-refractivity contribution in [2.75, 3.05) is 19.9 Å². The Hall–Kier alpha value is -2.50. The molecule has 1 aromatic carbocycles. The van der Waals surface area contributed by atoms with E-state index in [1.807, 2.05) is 29.4 Å². The van der Waals surface area contributed by atoms with E-state index in [-0.39, 0.29) is 11.8 Å². The van der Waals surface area contributed by atoms with E-state index in [1.165, 1.54) is 5.56 Å². The minimum absolute atomic E-state index is 0.255. The fourth-order valence-electron chi connectivity index (χ4n) is 3.79. The minimum atomic E-state index is 0.255. The summed E-state index contributed by atoms with van der Waals surface area (Å²) < 4.78 is 13.0. The summed E-state index contributed by atoms with van der Waals surface area (Å²) in [5.74, 6) is 3.16. The van der Waals surface area contributed by atoms with Crippen LogP contribution in [0.3, 0.4) is 0 Å². The highest BCUT2D eigenvalue weighted by Crippen LogP contribution is 2.33. The van der Waals surface area contributed by atoms with Gasteiger partial charge in [-0.05, 0) is 37.0 Å². The van der Waals surface area contributed by atoms with Crippen LogP contribution in [0.25, 0.3) is 0 Å². The zero-order valence-corrected chi connectivity index (χ0v) is 15.2. The van der Waals surface area contributed by atoms with Crippen molar-refractivity contribution in [1.82, 2.24) is 14.5 Å². The van der Waals surface area contributed by atoms with Crippen LogP contribution in [0.5, 0.6) is 11.5 Å². The number of fused-ring (bicyclic) bond motifs is 1. The molecule has 2 aromatic rings. The lowest BCUT2D eigenvalue weighted by molar-refractivity contribution is -0.130. The lowest BCUT2D eigenvalue weighted by atomic mass is 10.00. The molecule has 1 atom stereocenters. The third-order valence-electron chi connectivity index (χ3n) is 5.19. The Morgan fingerprint density at radius 1 is 1.23 bits per heavy atom. The van der Waals surface area contributed by atoms with E-state index in [4.69, 9.17) is 9.47 Å². The first-order valence-corrected chi connectivity index (χ1v) is 9.38. The Bertz CT molecular complexity index is 780. The van der Waals surface area contributed by atoms with E-state index in [0.717, 1.165) is 49.7 Å². The van der Waals surface area contributed by atoms with E-state index in [9.17, 15) is 4.79 Å². The molecule has 0 saturated carbocycles. The van der Waals surface area contributed by atoms with Crippen molar-refractivity contribution < 1.29 is 14.3 Å². The zero-order chi connectivity index (χ0) is 17.9. The number of carbonyl (C=O) groups is 1. The summed E-state index contributed by atoms with van der Waals surface area (Å²) in [7, 11) is 0. The predicted octanol–water partition coefficient (Wildman–Crippen LogP) is 2.97. The minimum Gasteiger partial charge on any atom is -0.454 e. The molecule has 2 aliphatic heterocycles. The smallest absolute Gasteiger partial charge is 0.231 e. The van der Waals surface area contributed by atoms with Gasteiger partial charge in [-0.15, -0.1) is 0 Å². The van der Waals surface area contributed by atoms with Gasteiger partial charge >= 0.3 is 0 Å². The third kappa shape index (κ3) is 3.54. The summed E-state index contributed by atoms with van der Waals surface area (Å²) >= 11 is 0. The molecular formula is C20H25N3O3. The molecule has 1 fully saturated rings. The fraction of sp³-hybridized carbons (Fsp3) is 0.500. The highest BCUT2D eigenvalue weighted by atomic mass is 16.7. The maximum atomic E-state index is 12.3. The maximum absolute atomic E-state index is 12.3. The van der Waals surface area contributed by atoms with Crippen molar-refractivity contribution in [1.29, 1.82) is 0 Å². The van der Waals surface area contributed by atoms with Gasteiger partial charge in [0.05, 0.1) is 0 Å². The summed E-state index contributed by atoms with van der Waals surface area (Å²) in [5.41, 5.74) is 1.20. The largest absolute Gasteiger partial charge is 0.454 e. The molecule has 0 radical (unpaired) electrons. The molecule has 0 spiro atoms. The summed E-state index contributed by atoms with van der Waals surface area (Å²) in [4.78, 5) is 18.8. The van der Waals surface area contributed by atoms with E-state index in [0.29, 0.717) is 19.8 Å². The molecule has 1 amide bonds. The number of benzene rings is 1. The Morgan fingerprint density at radius 2 is 2.04 bits per heavy atom. The number of amides is 1. The zero-order valence-electron chi connectivity index (χ0n) is 15.2. The standard InChI is InChI=1S/C20H25N3O3/c1-15(12-16-4-5-17-18(13-16)26-14-25-17)20-21-7-11-23(20)10-6-19(24)22-8-2-3-9-22/h4-5,7,11,13,15H,2-3,6,8-10,12,14H2,1H3/t15-/m0/s1. The van der Waals surface area contributed by atoms with Crippen LogP contribution in [0.15, 0.2) is 30.6 Å². The number of aryl methyl sites for hydroxylation is 1. The van der Waals surface area contributed by atoms with Gasteiger partial charge in [0.1, 0.15) is 5.82 Å². The number of carbonyl (C=O) groups excluding carboxylic acids is 1. The van der Waals surface area contributed by atoms with Gasteiger partial charge in [0.25, 0.3) is 0 Å². The van der Waals surface area contributed by atoms with E-state index < -0.39 is 0 Å². The number of likely N-dealkylation sites (tertiary alicyclic amines) is 1. The van der Waals surface area contributed by atoms with Crippen LogP contribution in [-0.4, -0.2) is 40.2 Å². The van der Waals surface area contributed by atoms with Gasteiger partial charge in [0, 0.05) is 44.4 Å². The molecule has 26 heavy (non-hydrogen) atoms. The predicted molar refractivity (Wildman–Crippen MR) is 97.3 cm³/mol. The van der Waals surface area contributed by atoms with Gasteiger partial charge in [-0.1, -0.05) is 13.0 Å². The number of rotatable bonds is 6. The van der Waals surface area contributed by atoms with Crippen LogP contribution in [0.1, 0.15) is 43.5 Å². The summed E-state index contributed by atoms with van der Waals surface area (Å²) in [5, 5.41) is 0. The highest BCUT2D eigenvalue weighted by Gasteiger charge is 2.20. The normalized spacial score (nSPS) is 16.9. The molecule has 4 rings (SSSR count). The van der Waals surface area contributed by atoms with E-state index >= 15 is 0 Å². The number of aromatic nitrogens is 2. The Morgan fingerprint density at radius 3 is 2.88 bits per heavy atom. The van der Waals surface area contributed by atoms with Crippen LogP contribution in [0.4, 0.5) is 0 Å². The lowest BCUT2D eigenvalue weighted by Gasteiger charge is -2.17. The quantitative estimate of drug-likeness (QED) is 0.799. The molecule has 0 aliphatic carbocycles. The number of hydrogen-bond donors (Lipinski definition) is 0. The second kappa shape index (κ2) is 7.40. The van der Waals surface area contributed by atoms with Crippen molar-refractivity contribution in [3.8, 4) is 11.5 Å². The number of ether oxygens (including phenoxy) is 2. The second-order valence-corrected chi connectivity index (χ2v) is 7.11. The molecule has 138 valence electrons. The SMILES string of the molecule is C[C@@H](Cc1ccc2c(c1)OCO2)c1nccn1CCC(=O)N1CCCC1. The number of imidazole rings is 1. The molecule has 0 unspecified atom stereocenters. The number of hydrogen-bond acceptors (Lipinski definition) is 4. The van der Waals surface area contributed by atoms with E-state index in [2.05, 4.69) is 22.5 Å². The second-order valence-electron chi connectivity index (χ2n) is 7.11. The van der Waals surface area contributed by atoms with Crippen LogP contribution in [0, 0.1) is 0 Å². The molecule has 3 heterocycles. The topological polar surface area (TPSA) is 56.6 Å². The van der Waals surface area contributed by atoms with Gasteiger partial charge in [-0.3, -0.25) is 4.79 Å². The van der Waals surface area contributed by atoms with Crippen molar-refractivity contribution >= 4 is 5.91 Å². The summed E-state index contributed by atoms with van der Waals surface area (Å²) in [6.07, 6.45) is 7.48. The van der Waals surface area contributed by atoms with Crippen molar-refractivity contribution in [2.45, 2.75) is 45.1 Å². The fourth-order valence-corrected chi connectivity index (χ4v) is 3.79. The molecule has 2 aliphatic rings. The van der Waals surface area contributed by atoms with Crippen LogP contribution in [-0.2, 0) is 17.8 Å². The van der Waals surface area contributed by atoms with Crippen molar-refractivity contribution in [3.05, 3.63) is 42.0 Å². The van der Waals surface area contributed by atoms with Crippen LogP contribution < -0.4 is 9.47 Å². The van der Waals surface area contributed by atoms with Gasteiger partial charge in [0.2, 0.25) is 12.7 Å². The first-order valence-electron chi connectivity index (χ1n) is 9.38. The molecule has 1 saturated heterocycles. The van der Waals surface area contributed by atoms with Crippen LogP contribution >= 0.6 is 0 Å². The molecule has 0 N–H and O–H groups in total. The Balaban J connectivity index is 1.38. The van der Waals surface area contributed by atoms with Crippen LogP contribution in [0.2, 0.25) is 0 Å². The molecule has 6 heteroatoms. The summed E-state index contributed by atoms with van der Waals surface area (Å²) in [6.45, 7) is 4.98. The monoisotopic (exact) mass is 355 g/mol. The Kier molecular flexibility index (Phi) is 4.82. The van der Waals surface area contributed by atoms with E-state index in [1.54, 1.807) is 0 Å². The first-order chi connectivity index (χ1) is 12.7. The number of nitrogens with zero attached hydrogens (tertiary/aromatic N) is 3. The lowest BCUT2D eigenvalue weighted by Crippen LogP contribution is -2.28. The van der Waals surface area contributed by atoms with Gasteiger partial charge in [0.15, 0.2) is 11.5 Å². The first kappa shape index (κ1) is 16.9. The average Bonchev–Trinajstić information content (AvgIpc) is 3.40. The average molecular weight is 355 g/mol. The molecule has 1 aromatic heterocycles. The summed E-state index contributed by atoms with van der Waals surface area (Å²) in [6, 6.07) is 6.09. The van der Waals surface area contributed by atoms with Gasteiger partial charge in [-0.25, -0.2) is 4.98 Å². The van der Waals surface area contributed by atoms with Gasteiger partial charge in [-0.2, -0.15) is 0 Å². The third-order valence-corrected chi connectivity index (χ3v) is 5.19. The van der Waals surface area contributed by atoms with Crippen molar-refractivity contribution in [3.63, 3.8) is 0 Å².